The van der Waals surface area contributed by atoms with Crippen molar-refractivity contribution >= 4 is 11.6 Å². The summed E-state index contributed by atoms with van der Waals surface area (Å²) in [5.74, 6) is -0.0569. The SMILES string of the molecule is CCNC1Cc2ccc(NC(=O)c3cc(C)cc(C)c3-c3ccc(C)cc3)cc2C1. The van der Waals surface area contributed by atoms with Gasteiger partial charge in [0.2, 0.25) is 0 Å². The highest BCUT2D eigenvalue weighted by Gasteiger charge is 2.22. The lowest BCUT2D eigenvalue weighted by atomic mass is 9.92. The van der Waals surface area contributed by atoms with Gasteiger partial charge in [-0.1, -0.05) is 54.4 Å². The maximum absolute atomic E-state index is 13.3. The Hall–Kier alpha value is -2.91. The van der Waals surface area contributed by atoms with E-state index in [4.69, 9.17) is 0 Å². The van der Waals surface area contributed by atoms with Gasteiger partial charge in [-0.3, -0.25) is 4.79 Å². The Balaban J connectivity index is 1.63. The summed E-state index contributed by atoms with van der Waals surface area (Å²) < 4.78 is 0. The van der Waals surface area contributed by atoms with Gasteiger partial charge in [-0.2, -0.15) is 0 Å². The summed E-state index contributed by atoms with van der Waals surface area (Å²) in [6, 6.07) is 19.3. The second-order valence-corrected chi connectivity index (χ2v) is 8.47. The Labute approximate surface area is 179 Å². The molecule has 0 fully saturated rings. The lowest BCUT2D eigenvalue weighted by molar-refractivity contribution is 0.102. The van der Waals surface area contributed by atoms with Crippen molar-refractivity contribution in [3.8, 4) is 11.1 Å². The minimum atomic E-state index is -0.0569. The summed E-state index contributed by atoms with van der Waals surface area (Å²) >= 11 is 0. The van der Waals surface area contributed by atoms with Gasteiger partial charge in [-0.05, 0) is 86.2 Å². The first-order valence-electron chi connectivity index (χ1n) is 10.8. The molecule has 1 aliphatic rings. The molecule has 0 aromatic heterocycles. The number of aryl methyl sites for hydroxylation is 3. The number of rotatable bonds is 5. The molecule has 1 amide bonds. The third-order valence-electron chi connectivity index (χ3n) is 5.95. The molecule has 0 spiro atoms. The smallest absolute Gasteiger partial charge is 0.256 e. The van der Waals surface area contributed by atoms with E-state index in [-0.39, 0.29) is 5.91 Å². The normalized spacial score (nSPS) is 15.1. The van der Waals surface area contributed by atoms with Crippen molar-refractivity contribution in [1.82, 2.24) is 5.32 Å². The fraction of sp³-hybridized carbons (Fsp3) is 0.296. The quantitative estimate of drug-likeness (QED) is 0.587. The molecular weight excluding hydrogens is 368 g/mol. The Morgan fingerprint density at radius 3 is 2.37 bits per heavy atom. The van der Waals surface area contributed by atoms with Crippen molar-refractivity contribution in [3.63, 3.8) is 0 Å². The predicted octanol–water partition coefficient (Wildman–Crippen LogP) is 5.61. The molecule has 0 heterocycles. The minimum absolute atomic E-state index is 0.0569. The van der Waals surface area contributed by atoms with E-state index in [9.17, 15) is 4.79 Å². The van der Waals surface area contributed by atoms with Gasteiger partial charge in [-0.15, -0.1) is 0 Å². The standard InChI is InChI=1S/C27H30N2O/c1-5-28-24-14-21-10-11-23(15-22(21)16-24)29-27(30)25-13-18(3)12-19(4)26(25)20-8-6-17(2)7-9-20/h6-13,15,24,28H,5,14,16H2,1-4H3,(H,29,30). The van der Waals surface area contributed by atoms with Gasteiger partial charge in [0.25, 0.3) is 5.91 Å². The van der Waals surface area contributed by atoms with Crippen molar-refractivity contribution in [2.24, 2.45) is 0 Å². The van der Waals surface area contributed by atoms with Crippen molar-refractivity contribution in [1.29, 1.82) is 0 Å². The van der Waals surface area contributed by atoms with Crippen LogP contribution in [0.3, 0.4) is 0 Å². The van der Waals surface area contributed by atoms with Crippen LogP contribution in [0.1, 0.15) is 45.1 Å². The molecule has 0 aliphatic heterocycles. The Morgan fingerprint density at radius 2 is 1.63 bits per heavy atom. The van der Waals surface area contributed by atoms with Crippen LogP contribution in [0.4, 0.5) is 5.69 Å². The molecule has 0 radical (unpaired) electrons. The number of hydrogen-bond donors (Lipinski definition) is 2. The van der Waals surface area contributed by atoms with Crippen LogP contribution in [0, 0.1) is 20.8 Å². The van der Waals surface area contributed by atoms with Crippen LogP contribution in [0.25, 0.3) is 11.1 Å². The summed E-state index contributed by atoms with van der Waals surface area (Å²) in [5.41, 5.74) is 9.80. The fourth-order valence-electron chi connectivity index (χ4n) is 4.58. The zero-order valence-electron chi connectivity index (χ0n) is 18.3. The zero-order chi connectivity index (χ0) is 21.3. The first-order chi connectivity index (χ1) is 14.4. The highest BCUT2D eigenvalue weighted by Crippen LogP contribution is 2.31. The summed E-state index contributed by atoms with van der Waals surface area (Å²) in [4.78, 5) is 13.3. The number of nitrogens with one attached hydrogen (secondary N) is 2. The van der Waals surface area contributed by atoms with Crippen LogP contribution in [0.5, 0.6) is 0 Å². The largest absolute Gasteiger partial charge is 0.322 e. The Morgan fingerprint density at radius 1 is 0.900 bits per heavy atom. The molecule has 3 aromatic carbocycles. The number of hydrogen-bond acceptors (Lipinski definition) is 2. The number of amides is 1. The maximum Gasteiger partial charge on any atom is 0.256 e. The molecule has 30 heavy (non-hydrogen) atoms. The second-order valence-electron chi connectivity index (χ2n) is 8.47. The summed E-state index contributed by atoms with van der Waals surface area (Å²) in [6.07, 6.45) is 2.08. The fourth-order valence-corrected chi connectivity index (χ4v) is 4.58. The number of carbonyl (C=O) groups is 1. The van der Waals surface area contributed by atoms with Crippen LogP contribution in [-0.4, -0.2) is 18.5 Å². The average molecular weight is 399 g/mol. The molecule has 3 aromatic rings. The molecule has 1 atom stereocenters. The Kier molecular flexibility index (Phi) is 5.74. The zero-order valence-corrected chi connectivity index (χ0v) is 18.3. The van der Waals surface area contributed by atoms with E-state index in [1.807, 2.05) is 19.1 Å². The van der Waals surface area contributed by atoms with Crippen molar-refractivity contribution in [3.05, 3.63) is 88.0 Å². The molecular formula is C27H30N2O. The number of likely N-dealkylation sites (N-methyl/N-ethyl adjacent to an activating group) is 1. The number of benzene rings is 3. The first-order valence-corrected chi connectivity index (χ1v) is 10.8. The monoisotopic (exact) mass is 398 g/mol. The van der Waals surface area contributed by atoms with E-state index in [1.54, 1.807) is 0 Å². The lowest BCUT2D eigenvalue weighted by Gasteiger charge is -2.15. The topological polar surface area (TPSA) is 41.1 Å². The molecule has 1 aliphatic carbocycles. The molecule has 1 unspecified atom stereocenters. The van der Waals surface area contributed by atoms with E-state index < -0.39 is 0 Å². The average Bonchev–Trinajstić information content (AvgIpc) is 3.10. The summed E-state index contributed by atoms with van der Waals surface area (Å²) in [5, 5.41) is 6.68. The van der Waals surface area contributed by atoms with Crippen LogP contribution in [-0.2, 0) is 12.8 Å². The highest BCUT2D eigenvalue weighted by molar-refractivity contribution is 6.09. The first kappa shape index (κ1) is 20.4. The molecule has 4 rings (SSSR count). The van der Waals surface area contributed by atoms with E-state index in [2.05, 4.69) is 73.9 Å². The number of anilines is 1. The van der Waals surface area contributed by atoms with E-state index >= 15 is 0 Å². The molecule has 3 nitrogen and oxygen atoms in total. The highest BCUT2D eigenvalue weighted by atomic mass is 16.1. The van der Waals surface area contributed by atoms with Gasteiger partial charge >= 0.3 is 0 Å². The van der Waals surface area contributed by atoms with Gasteiger partial charge in [0.1, 0.15) is 0 Å². The Bertz CT molecular complexity index is 1080. The van der Waals surface area contributed by atoms with Crippen LogP contribution in [0.15, 0.2) is 54.6 Å². The molecule has 3 heteroatoms. The number of carbonyl (C=O) groups excluding carboxylic acids is 1. The van der Waals surface area contributed by atoms with E-state index in [0.717, 1.165) is 52.9 Å². The van der Waals surface area contributed by atoms with Crippen molar-refractivity contribution in [2.45, 2.75) is 46.6 Å². The van der Waals surface area contributed by atoms with E-state index in [1.165, 1.54) is 16.7 Å². The van der Waals surface area contributed by atoms with Crippen molar-refractivity contribution < 1.29 is 4.79 Å². The molecule has 0 saturated carbocycles. The summed E-state index contributed by atoms with van der Waals surface area (Å²) in [7, 11) is 0. The third kappa shape index (κ3) is 4.17. The molecule has 154 valence electrons. The molecule has 0 saturated heterocycles. The van der Waals surface area contributed by atoms with Crippen LogP contribution < -0.4 is 10.6 Å². The maximum atomic E-state index is 13.3. The van der Waals surface area contributed by atoms with Gasteiger partial charge in [0, 0.05) is 17.3 Å². The summed E-state index contributed by atoms with van der Waals surface area (Å²) in [6.45, 7) is 9.32. The van der Waals surface area contributed by atoms with Crippen LogP contribution >= 0.6 is 0 Å². The third-order valence-corrected chi connectivity index (χ3v) is 5.95. The number of fused-ring (bicyclic) bond motifs is 1. The van der Waals surface area contributed by atoms with Gasteiger partial charge in [0.05, 0.1) is 0 Å². The van der Waals surface area contributed by atoms with Crippen LogP contribution in [0.2, 0.25) is 0 Å². The van der Waals surface area contributed by atoms with Gasteiger partial charge in [-0.25, -0.2) is 0 Å². The minimum Gasteiger partial charge on any atom is -0.322 e. The van der Waals surface area contributed by atoms with E-state index in [0.29, 0.717) is 6.04 Å². The van der Waals surface area contributed by atoms with Crippen molar-refractivity contribution in [2.75, 3.05) is 11.9 Å². The predicted molar refractivity (Wildman–Crippen MR) is 125 cm³/mol. The molecule has 0 bridgehead atoms. The lowest BCUT2D eigenvalue weighted by Crippen LogP contribution is -2.28. The van der Waals surface area contributed by atoms with Gasteiger partial charge in [0.15, 0.2) is 0 Å². The second kappa shape index (κ2) is 8.45. The molecule has 2 N–H and O–H groups in total. The van der Waals surface area contributed by atoms with Gasteiger partial charge < -0.3 is 10.6 Å².